The molecule has 0 amide bonds. The number of ketones is 1. The molecule has 0 spiro atoms. The van der Waals surface area contributed by atoms with Crippen molar-refractivity contribution in [3.05, 3.63) is 35.7 Å². The average Bonchev–Trinajstić information content (AvgIpc) is 2.49. The van der Waals surface area contributed by atoms with Crippen LogP contribution in [0.1, 0.15) is 89.3 Å². The summed E-state index contributed by atoms with van der Waals surface area (Å²) in [5, 5.41) is 0. The molecule has 0 aliphatic heterocycles. The van der Waals surface area contributed by atoms with Crippen LogP contribution in [-0.4, -0.2) is 17.3 Å². The Bertz CT molecular complexity index is 497. The van der Waals surface area contributed by atoms with Crippen molar-refractivity contribution in [2.24, 2.45) is 11.1 Å². The molecule has 138 valence electrons. The maximum atomic E-state index is 11.0. The number of hydrogen-bond acceptors (Lipinski definition) is 3. The molecule has 1 heterocycles. The summed E-state index contributed by atoms with van der Waals surface area (Å²) in [5.74, 6) is -0.00337. The van der Waals surface area contributed by atoms with Crippen molar-refractivity contribution in [1.82, 2.24) is 4.98 Å². The molecule has 1 aromatic heterocycles. The molecule has 0 aliphatic carbocycles. The van der Waals surface area contributed by atoms with Crippen molar-refractivity contribution in [3.63, 3.8) is 0 Å². The minimum absolute atomic E-state index is 0.00337. The molecule has 0 aromatic carbocycles. The molecule has 0 saturated heterocycles. The third kappa shape index (κ3) is 10.3. The molecule has 0 radical (unpaired) electrons. The van der Waals surface area contributed by atoms with Crippen molar-refractivity contribution in [3.8, 4) is 0 Å². The van der Waals surface area contributed by atoms with Gasteiger partial charge in [0.25, 0.3) is 0 Å². The fourth-order valence-corrected chi connectivity index (χ4v) is 2.39. The number of rotatable bonds is 6. The van der Waals surface area contributed by atoms with Gasteiger partial charge in [0.05, 0.1) is 0 Å². The highest BCUT2D eigenvalue weighted by Crippen LogP contribution is 2.25. The zero-order valence-electron chi connectivity index (χ0n) is 17.1. The Balaban J connectivity index is 0. The van der Waals surface area contributed by atoms with Gasteiger partial charge in [0, 0.05) is 13.1 Å². The first kappa shape index (κ1) is 24.8. The second-order valence-corrected chi connectivity index (χ2v) is 6.67. The average molecular weight is 335 g/mol. The smallest absolute Gasteiger partial charge is 0.178 e. The Morgan fingerprint density at radius 3 is 2.12 bits per heavy atom. The van der Waals surface area contributed by atoms with Crippen LogP contribution in [0.3, 0.4) is 0 Å². The SMILES string of the molecule is C=C(C)c1cnc(C(C)=O)cc1C.CC.CCCC(C)(C)CCN. The summed E-state index contributed by atoms with van der Waals surface area (Å²) in [5.41, 5.74) is 9.48. The second-order valence-electron chi connectivity index (χ2n) is 6.67. The number of allylic oxidation sites excluding steroid dienone is 1. The molecule has 0 bridgehead atoms. The van der Waals surface area contributed by atoms with Crippen LogP contribution in [0.25, 0.3) is 5.57 Å². The van der Waals surface area contributed by atoms with Crippen LogP contribution in [0.5, 0.6) is 0 Å². The molecular formula is C21H38N2O. The Morgan fingerprint density at radius 2 is 1.79 bits per heavy atom. The predicted molar refractivity (Wildman–Crippen MR) is 107 cm³/mol. The highest BCUT2D eigenvalue weighted by Gasteiger charge is 2.14. The van der Waals surface area contributed by atoms with E-state index in [1.165, 1.54) is 19.8 Å². The summed E-state index contributed by atoms with van der Waals surface area (Å²) >= 11 is 0. The van der Waals surface area contributed by atoms with Gasteiger partial charge in [-0.25, -0.2) is 0 Å². The van der Waals surface area contributed by atoms with E-state index in [0.29, 0.717) is 11.1 Å². The number of carbonyl (C=O) groups excluding carboxylic acids is 1. The van der Waals surface area contributed by atoms with E-state index >= 15 is 0 Å². The van der Waals surface area contributed by atoms with Crippen molar-refractivity contribution in [2.75, 3.05) is 6.54 Å². The predicted octanol–water partition coefficient (Wildman–Crippen LogP) is 5.81. The van der Waals surface area contributed by atoms with Gasteiger partial charge in [0.1, 0.15) is 5.69 Å². The van der Waals surface area contributed by atoms with Crippen LogP contribution >= 0.6 is 0 Å². The number of hydrogen-bond donors (Lipinski definition) is 1. The summed E-state index contributed by atoms with van der Waals surface area (Å²) in [6, 6.07) is 1.80. The summed E-state index contributed by atoms with van der Waals surface area (Å²) in [4.78, 5) is 15.0. The van der Waals surface area contributed by atoms with Gasteiger partial charge in [-0.1, -0.05) is 47.6 Å². The Morgan fingerprint density at radius 1 is 1.25 bits per heavy atom. The highest BCUT2D eigenvalue weighted by atomic mass is 16.1. The summed E-state index contributed by atoms with van der Waals surface area (Å²) in [7, 11) is 0. The summed E-state index contributed by atoms with van der Waals surface area (Å²) < 4.78 is 0. The zero-order valence-corrected chi connectivity index (χ0v) is 17.1. The van der Waals surface area contributed by atoms with Crippen molar-refractivity contribution < 1.29 is 4.79 Å². The van der Waals surface area contributed by atoms with Crippen LogP contribution in [0.2, 0.25) is 0 Å². The van der Waals surface area contributed by atoms with Gasteiger partial charge in [0.15, 0.2) is 5.78 Å². The van der Waals surface area contributed by atoms with Crippen LogP contribution in [-0.2, 0) is 0 Å². The van der Waals surface area contributed by atoms with Crippen molar-refractivity contribution in [1.29, 1.82) is 0 Å². The lowest BCUT2D eigenvalue weighted by atomic mass is 9.85. The maximum absolute atomic E-state index is 11.0. The maximum Gasteiger partial charge on any atom is 0.178 e. The van der Waals surface area contributed by atoms with Crippen LogP contribution in [0.15, 0.2) is 18.8 Å². The zero-order chi connectivity index (χ0) is 19.3. The van der Waals surface area contributed by atoms with E-state index < -0.39 is 0 Å². The van der Waals surface area contributed by atoms with E-state index in [2.05, 4.69) is 32.3 Å². The molecule has 24 heavy (non-hydrogen) atoms. The third-order valence-electron chi connectivity index (χ3n) is 3.68. The molecule has 0 fully saturated rings. The lowest BCUT2D eigenvalue weighted by molar-refractivity contribution is 0.101. The number of Topliss-reactive ketones (excluding diaryl/α,β-unsaturated/α-hetero) is 1. The first-order chi connectivity index (χ1) is 11.1. The minimum Gasteiger partial charge on any atom is -0.330 e. The van der Waals surface area contributed by atoms with E-state index in [1.807, 2.05) is 27.7 Å². The van der Waals surface area contributed by atoms with Gasteiger partial charge in [-0.2, -0.15) is 0 Å². The van der Waals surface area contributed by atoms with Gasteiger partial charge in [-0.05, 0) is 61.4 Å². The standard InChI is InChI=1S/C11H13NO.C8H19N.C2H6/c1-7(2)10-6-12-11(9(4)13)5-8(10)3;1-4-5-8(2,3)6-7-9;1-2/h5-6H,1H2,2-4H3;4-7,9H2,1-3H3;1-2H3. The highest BCUT2D eigenvalue weighted by molar-refractivity contribution is 5.92. The Hall–Kier alpha value is -1.48. The number of aryl methyl sites for hydroxylation is 1. The number of pyridine rings is 1. The number of carbonyl (C=O) groups is 1. The first-order valence-corrected chi connectivity index (χ1v) is 8.98. The fourth-order valence-electron chi connectivity index (χ4n) is 2.39. The van der Waals surface area contributed by atoms with Gasteiger partial charge in [0.2, 0.25) is 0 Å². The normalized spacial score (nSPS) is 10.0. The molecule has 0 unspecified atom stereocenters. The van der Waals surface area contributed by atoms with Crippen molar-refractivity contribution >= 4 is 11.4 Å². The lowest BCUT2D eigenvalue weighted by Gasteiger charge is -2.22. The Labute approximate surface area is 149 Å². The van der Waals surface area contributed by atoms with E-state index in [9.17, 15) is 4.79 Å². The topological polar surface area (TPSA) is 56.0 Å². The number of nitrogens with zero attached hydrogens (tertiary/aromatic N) is 1. The van der Waals surface area contributed by atoms with Gasteiger partial charge in [-0.15, -0.1) is 0 Å². The molecule has 0 atom stereocenters. The molecule has 0 aliphatic rings. The molecule has 2 N–H and O–H groups in total. The van der Waals surface area contributed by atoms with Gasteiger partial charge in [-0.3, -0.25) is 9.78 Å². The molecule has 3 nitrogen and oxygen atoms in total. The summed E-state index contributed by atoms with van der Waals surface area (Å²) in [6.07, 6.45) is 5.42. The van der Waals surface area contributed by atoms with Crippen LogP contribution in [0.4, 0.5) is 0 Å². The summed E-state index contributed by atoms with van der Waals surface area (Å²) in [6.45, 7) is 20.8. The molecule has 3 heteroatoms. The Kier molecular flexibility index (Phi) is 13.3. The van der Waals surface area contributed by atoms with E-state index in [0.717, 1.165) is 29.7 Å². The number of aromatic nitrogens is 1. The van der Waals surface area contributed by atoms with E-state index in [1.54, 1.807) is 12.3 Å². The van der Waals surface area contributed by atoms with Crippen LogP contribution < -0.4 is 5.73 Å². The van der Waals surface area contributed by atoms with Crippen LogP contribution in [0, 0.1) is 12.3 Å². The van der Waals surface area contributed by atoms with Crippen molar-refractivity contribution in [2.45, 2.75) is 74.7 Å². The molecule has 1 aromatic rings. The quantitative estimate of drug-likeness (QED) is 0.667. The van der Waals surface area contributed by atoms with Gasteiger partial charge < -0.3 is 5.73 Å². The third-order valence-corrected chi connectivity index (χ3v) is 3.68. The monoisotopic (exact) mass is 334 g/mol. The fraction of sp³-hybridized carbons (Fsp3) is 0.619. The molecule has 0 saturated carbocycles. The first-order valence-electron chi connectivity index (χ1n) is 8.98. The van der Waals surface area contributed by atoms with E-state index in [-0.39, 0.29) is 5.78 Å². The largest absolute Gasteiger partial charge is 0.330 e. The lowest BCUT2D eigenvalue weighted by Crippen LogP contribution is -2.16. The number of nitrogens with two attached hydrogens (primary N) is 1. The minimum atomic E-state index is -0.00337. The second kappa shape index (κ2) is 12.9. The molecular weight excluding hydrogens is 296 g/mol. The van der Waals surface area contributed by atoms with Gasteiger partial charge >= 0.3 is 0 Å². The van der Waals surface area contributed by atoms with E-state index in [4.69, 9.17) is 5.73 Å². The molecule has 1 rings (SSSR count).